The second-order valence-electron chi connectivity index (χ2n) is 2.62. The van der Waals surface area contributed by atoms with Crippen molar-refractivity contribution in [3.63, 3.8) is 0 Å². The lowest BCUT2D eigenvalue weighted by atomic mass is 10.1. The Labute approximate surface area is 71.4 Å². The minimum Gasteiger partial charge on any atom is -0.324 e. The van der Waals surface area contributed by atoms with Crippen molar-refractivity contribution in [2.75, 3.05) is 0 Å². The van der Waals surface area contributed by atoms with Crippen LogP contribution in [-0.4, -0.2) is 4.98 Å². The van der Waals surface area contributed by atoms with Crippen LogP contribution in [0.25, 0.3) is 0 Å². The molecular weight excluding hydrogens is 160 g/mol. The van der Waals surface area contributed by atoms with Crippen molar-refractivity contribution >= 4 is 11.6 Å². The van der Waals surface area contributed by atoms with Gasteiger partial charge < -0.3 is 5.73 Å². The van der Waals surface area contributed by atoms with Crippen LogP contribution in [-0.2, 0) is 0 Å². The van der Waals surface area contributed by atoms with Crippen molar-refractivity contribution in [3.8, 4) is 0 Å². The number of nitrogens with zero attached hydrogens (tertiary/aromatic N) is 1. The maximum atomic E-state index is 5.83. The fourth-order valence-electron chi connectivity index (χ4n) is 1.08. The van der Waals surface area contributed by atoms with E-state index >= 15 is 0 Å². The molecule has 0 saturated heterocycles. The molecule has 2 N–H and O–H groups in total. The summed E-state index contributed by atoms with van der Waals surface area (Å²) in [4.78, 5) is 3.95. The van der Waals surface area contributed by atoms with Gasteiger partial charge in [0.05, 0.1) is 0 Å². The number of hydrogen-bond acceptors (Lipinski definition) is 2. The molecule has 0 fully saturated rings. The number of aromatic nitrogens is 1. The van der Waals surface area contributed by atoms with Crippen molar-refractivity contribution in [3.05, 3.63) is 28.5 Å². The smallest absolute Gasteiger partial charge is 0.134 e. The first-order chi connectivity index (χ1) is 5.13. The maximum absolute atomic E-state index is 5.83. The van der Waals surface area contributed by atoms with Crippen molar-refractivity contribution in [1.29, 1.82) is 0 Å². The molecule has 1 atom stereocenters. The molecule has 0 saturated carbocycles. The molecule has 1 aromatic heterocycles. The van der Waals surface area contributed by atoms with Crippen LogP contribution < -0.4 is 5.73 Å². The Morgan fingerprint density at radius 2 is 2.27 bits per heavy atom. The van der Waals surface area contributed by atoms with E-state index in [9.17, 15) is 0 Å². The molecule has 0 aliphatic heterocycles. The number of nitrogens with two attached hydrogens (primary N) is 1. The van der Waals surface area contributed by atoms with Gasteiger partial charge >= 0.3 is 0 Å². The molecule has 1 rings (SSSR count). The number of rotatable bonds is 1. The molecule has 0 amide bonds. The summed E-state index contributed by atoms with van der Waals surface area (Å²) in [7, 11) is 0. The van der Waals surface area contributed by atoms with Gasteiger partial charge in [-0.05, 0) is 25.5 Å². The molecule has 1 aromatic rings. The van der Waals surface area contributed by atoms with E-state index in [0.717, 1.165) is 11.1 Å². The molecule has 2 nitrogen and oxygen atoms in total. The Kier molecular flexibility index (Phi) is 2.47. The van der Waals surface area contributed by atoms with E-state index in [0.29, 0.717) is 5.15 Å². The van der Waals surface area contributed by atoms with Crippen molar-refractivity contribution in [2.24, 2.45) is 5.73 Å². The Morgan fingerprint density at radius 3 is 2.64 bits per heavy atom. The van der Waals surface area contributed by atoms with Gasteiger partial charge in [-0.2, -0.15) is 0 Å². The largest absolute Gasteiger partial charge is 0.324 e. The van der Waals surface area contributed by atoms with Crippen LogP contribution in [0.5, 0.6) is 0 Å². The second-order valence-corrected chi connectivity index (χ2v) is 2.98. The lowest BCUT2D eigenvalue weighted by Crippen LogP contribution is -2.08. The zero-order valence-corrected chi connectivity index (χ0v) is 7.39. The molecule has 11 heavy (non-hydrogen) atoms. The third kappa shape index (κ3) is 1.70. The zero-order chi connectivity index (χ0) is 8.43. The Balaban J connectivity index is 3.21. The van der Waals surface area contributed by atoms with Gasteiger partial charge in [0.25, 0.3) is 0 Å². The van der Waals surface area contributed by atoms with Gasteiger partial charge in [-0.1, -0.05) is 11.6 Å². The maximum Gasteiger partial charge on any atom is 0.134 e. The lowest BCUT2D eigenvalue weighted by molar-refractivity contribution is 0.803. The first kappa shape index (κ1) is 8.50. The van der Waals surface area contributed by atoms with E-state index < -0.39 is 0 Å². The van der Waals surface area contributed by atoms with Crippen LogP contribution in [0.4, 0.5) is 0 Å². The van der Waals surface area contributed by atoms with Crippen LogP contribution in [0, 0.1) is 6.92 Å². The molecule has 1 heterocycles. The zero-order valence-electron chi connectivity index (χ0n) is 6.63. The van der Waals surface area contributed by atoms with Crippen molar-refractivity contribution in [2.45, 2.75) is 19.9 Å². The van der Waals surface area contributed by atoms with E-state index in [4.69, 9.17) is 17.3 Å². The summed E-state index contributed by atoms with van der Waals surface area (Å²) in [5.74, 6) is 0. The molecule has 0 bridgehead atoms. The number of pyridine rings is 1. The summed E-state index contributed by atoms with van der Waals surface area (Å²) >= 11 is 5.83. The second kappa shape index (κ2) is 3.20. The molecule has 0 spiro atoms. The summed E-state index contributed by atoms with van der Waals surface area (Å²) in [6.07, 6.45) is 1.68. The van der Waals surface area contributed by atoms with Crippen LogP contribution in [0.2, 0.25) is 5.15 Å². The Hall–Kier alpha value is -0.600. The van der Waals surface area contributed by atoms with Crippen molar-refractivity contribution < 1.29 is 0 Å². The molecule has 60 valence electrons. The lowest BCUT2D eigenvalue weighted by Gasteiger charge is -2.09. The predicted molar refractivity (Wildman–Crippen MR) is 46.6 cm³/mol. The number of hydrogen-bond donors (Lipinski definition) is 1. The summed E-state index contributed by atoms with van der Waals surface area (Å²) in [5.41, 5.74) is 7.73. The minimum absolute atomic E-state index is 0.0452. The third-order valence-corrected chi connectivity index (χ3v) is 1.92. The molecule has 0 radical (unpaired) electrons. The average molecular weight is 171 g/mol. The summed E-state index contributed by atoms with van der Waals surface area (Å²) < 4.78 is 0. The highest BCUT2D eigenvalue weighted by atomic mass is 35.5. The topological polar surface area (TPSA) is 38.9 Å². The van der Waals surface area contributed by atoms with E-state index in [-0.39, 0.29) is 6.04 Å². The Morgan fingerprint density at radius 1 is 1.64 bits per heavy atom. The highest BCUT2D eigenvalue weighted by Gasteiger charge is 2.08. The van der Waals surface area contributed by atoms with Gasteiger partial charge in [0.15, 0.2) is 0 Å². The number of aryl methyl sites for hydroxylation is 1. The van der Waals surface area contributed by atoms with E-state index in [2.05, 4.69) is 4.98 Å². The summed E-state index contributed by atoms with van der Waals surface area (Å²) in [5, 5.41) is 0.514. The van der Waals surface area contributed by atoms with Gasteiger partial charge in [0.1, 0.15) is 5.15 Å². The monoisotopic (exact) mass is 170 g/mol. The summed E-state index contributed by atoms with van der Waals surface area (Å²) in [6, 6.07) is 1.86. The highest BCUT2D eigenvalue weighted by Crippen LogP contribution is 2.21. The van der Waals surface area contributed by atoms with Crippen molar-refractivity contribution in [1.82, 2.24) is 4.98 Å². The van der Waals surface area contributed by atoms with Crippen LogP contribution in [0.3, 0.4) is 0 Å². The average Bonchev–Trinajstić information content (AvgIpc) is 1.85. The van der Waals surface area contributed by atoms with Crippen LogP contribution in [0.1, 0.15) is 24.1 Å². The van der Waals surface area contributed by atoms with E-state index in [1.165, 1.54) is 0 Å². The molecule has 0 aliphatic carbocycles. The van der Waals surface area contributed by atoms with E-state index in [1.54, 1.807) is 6.20 Å². The standard InChI is InChI=1S/C8H11ClN2/c1-5-3-4-11-8(9)7(5)6(2)10/h3-4,6H,10H2,1-2H3. The fourth-order valence-corrected chi connectivity index (χ4v) is 1.46. The van der Waals surface area contributed by atoms with Gasteiger partial charge in [0, 0.05) is 17.8 Å². The van der Waals surface area contributed by atoms with Gasteiger partial charge in [-0.25, -0.2) is 4.98 Å². The molecular formula is C8H11ClN2. The minimum atomic E-state index is -0.0452. The number of halogens is 1. The van der Waals surface area contributed by atoms with Crippen LogP contribution >= 0.6 is 11.6 Å². The van der Waals surface area contributed by atoms with Gasteiger partial charge in [-0.3, -0.25) is 0 Å². The molecule has 0 aliphatic rings. The van der Waals surface area contributed by atoms with Gasteiger partial charge in [0.2, 0.25) is 0 Å². The molecule has 3 heteroatoms. The molecule has 0 aromatic carbocycles. The SMILES string of the molecule is Cc1ccnc(Cl)c1C(C)N. The molecule has 1 unspecified atom stereocenters. The fraction of sp³-hybridized carbons (Fsp3) is 0.375. The van der Waals surface area contributed by atoms with E-state index in [1.807, 2.05) is 19.9 Å². The van der Waals surface area contributed by atoms with Crippen LogP contribution in [0.15, 0.2) is 12.3 Å². The third-order valence-electron chi connectivity index (χ3n) is 1.61. The first-order valence-electron chi connectivity index (χ1n) is 3.49. The first-order valence-corrected chi connectivity index (χ1v) is 3.87. The summed E-state index contributed by atoms with van der Waals surface area (Å²) in [6.45, 7) is 3.88. The highest BCUT2D eigenvalue weighted by molar-refractivity contribution is 6.30. The quantitative estimate of drug-likeness (QED) is 0.656. The predicted octanol–water partition coefficient (Wildman–Crippen LogP) is 2.06. The normalized spacial score (nSPS) is 13.1. The van der Waals surface area contributed by atoms with Gasteiger partial charge in [-0.15, -0.1) is 0 Å². The Bertz CT molecular complexity index is 238.